The Labute approximate surface area is 79.0 Å². The lowest BCUT2D eigenvalue weighted by Gasteiger charge is -2.06. The lowest BCUT2D eigenvalue weighted by Crippen LogP contribution is -2.15. The summed E-state index contributed by atoms with van der Waals surface area (Å²) in [4.78, 5) is 0. The van der Waals surface area contributed by atoms with Gasteiger partial charge >= 0.3 is 0 Å². The zero-order chi connectivity index (χ0) is 10.3. The minimum absolute atomic E-state index is 0.322. The maximum absolute atomic E-state index is 10.5. The second-order valence-electron chi connectivity index (χ2n) is 2.62. The second kappa shape index (κ2) is 5.97. The van der Waals surface area contributed by atoms with Crippen molar-refractivity contribution in [3.8, 4) is 11.8 Å². The molecule has 0 saturated carbocycles. The minimum Gasteiger partial charge on any atom is -0.385 e. The van der Waals surface area contributed by atoms with E-state index in [1.54, 1.807) is 6.92 Å². The first-order valence-electron chi connectivity index (χ1n) is 3.86. The van der Waals surface area contributed by atoms with Gasteiger partial charge < -0.3 is 4.74 Å². The zero-order valence-corrected chi connectivity index (χ0v) is 8.60. The number of rotatable bonds is 5. The summed E-state index contributed by atoms with van der Waals surface area (Å²) in [5.74, 6) is 4.65. The van der Waals surface area contributed by atoms with Gasteiger partial charge in [0, 0.05) is 19.6 Å². The molecule has 0 saturated heterocycles. The summed E-state index contributed by atoms with van der Waals surface area (Å²) in [6.07, 6.45) is 0.511. The molecule has 0 aliphatic heterocycles. The van der Waals surface area contributed by atoms with Gasteiger partial charge in [0.1, 0.15) is 0 Å². The molecule has 0 radical (unpaired) electrons. The quantitative estimate of drug-likeness (QED) is 0.527. The van der Waals surface area contributed by atoms with Crippen LogP contribution < -0.4 is 0 Å². The van der Waals surface area contributed by atoms with E-state index in [0.29, 0.717) is 13.0 Å². The van der Waals surface area contributed by atoms with E-state index < -0.39 is 10.1 Å². The number of hydrogen-bond donors (Lipinski definition) is 1. The van der Waals surface area contributed by atoms with Crippen molar-refractivity contribution in [3.05, 3.63) is 0 Å². The fourth-order valence-electron chi connectivity index (χ4n) is 0.916. The van der Waals surface area contributed by atoms with E-state index in [1.165, 1.54) is 7.11 Å². The van der Waals surface area contributed by atoms with Crippen LogP contribution in [0.1, 0.15) is 13.3 Å². The smallest absolute Gasteiger partial charge is 0.266 e. The van der Waals surface area contributed by atoms with Crippen LogP contribution in [-0.4, -0.2) is 32.4 Å². The Morgan fingerprint density at radius 3 is 2.54 bits per heavy atom. The molecule has 0 aliphatic rings. The molecule has 0 aliphatic carbocycles. The molecule has 0 aromatic heterocycles. The van der Waals surface area contributed by atoms with E-state index >= 15 is 0 Å². The Morgan fingerprint density at radius 2 is 2.15 bits per heavy atom. The van der Waals surface area contributed by atoms with Gasteiger partial charge in [0.2, 0.25) is 0 Å². The van der Waals surface area contributed by atoms with Crippen molar-refractivity contribution >= 4 is 10.1 Å². The summed E-state index contributed by atoms with van der Waals surface area (Å²) < 4.78 is 34.4. The van der Waals surface area contributed by atoms with E-state index in [1.807, 2.05) is 0 Å². The van der Waals surface area contributed by atoms with Crippen molar-refractivity contribution in [2.75, 3.05) is 19.5 Å². The minimum atomic E-state index is -3.93. The third kappa shape index (κ3) is 7.78. The molecular formula is C8H14O4S. The lowest BCUT2D eigenvalue weighted by atomic mass is 10.1. The molecule has 1 N–H and O–H groups in total. The van der Waals surface area contributed by atoms with Crippen molar-refractivity contribution in [2.45, 2.75) is 13.3 Å². The van der Waals surface area contributed by atoms with Crippen molar-refractivity contribution in [1.82, 2.24) is 0 Å². The summed E-state index contributed by atoms with van der Waals surface area (Å²) in [5, 5.41) is 0. The molecule has 1 atom stereocenters. The molecule has 0 fully saturated rings. The predicted octanol–water partition coefficient (Wildman–Crippen LogP) is 0.550. The SMILES string of the molecule is CC#CC(CCOC)CS(=O)(=O)O. The molecule has 0 heterocycles. The molecule has 0 rings (SSSR count). The van der Waals surface area contributed by atoms with Gasteiger partial charge in [0.25, 0.3) is 10.1 Å². The van der Waals surface area contributed by atoms with E-state index in [2.05, 4.69) is 11.8 Å². The molecular weight excluding hydrogens is 192 g/mol. The summed E-state index contributed by atoms with van der Waals surface area (Å²) in [5.41, 5.74) is 0. The first-order chi connectivity index (χ1) is 5.99. The molecule has 0 aromatic carbocycles. The Morgan fingerprint density at radius 1 is 1.54 bits per heavy atom. The van der Waals surface area contributed by atoms with Crippen LogP contribution in [0, 0.1) is 17.8 Å². The molecule has 0 aromatic rings. The first-order valence-corrected chi connectivity index (χ1v) is 5.47. The Hall–Kier alpha value is -0.570. The average Bonchev–Trinajstić information content (AvgIpc) is 1.98. The fourth-order valence-corrected chi connectivity index (χ4v) is 1.67. The van der Waals surface area contributed by atoms with Gasteiger partial charge in [-0.15, -0.1) is 5.92 Å². The maximum atomic E-state index is 10.5. The molecule has 0 spiro atoms. The van der Waals surface area contributed by atoms with Crippen LogP contribution in [0.15, 0.2) is 0 Å². The monoisotopic (exact) mass is 206 g/mol. The van der Waals surface area contributed by atoms with E-state index in [-0.39, 0.29) is 11.7 Å². The Kier molecular flexibility index (Phi) is 5.71. The first kappa shape index (κ1) is 12.4. The van der Waals surface area contributed by atoms with E-state index in [0.717, 1.165) is 0 Å². The highest BCUT2D eigenvalue weighted by Gasteiger charge is 2.14. The predicted molar refractivity (Wildman–Crippen MR) is 49.8 cm³/mol. The summed E-state index contributed by atoms with van der Waals surface area (Å²) in [6.45, 7) is 2.07. The van der Waals surface area contributed by atoms with E-state index in [9.17, 15) is 8.42 Å². The highest BCUT2D eigenvalue weighted by atomic mass is 32.2. The summed E-state index contributed by atoms with van der Waals surface area (Å²) in [6, 6.07) is 0. The van der Waals surface area contributed by atoms with Gasteiger partial charge in [0.15, 0.2) is 0 Å². The topological polar surface area (TPSA) is 63.6 Å². The second-order valence-corrected chi connectivity index (χ2v) is 4.12. The van der Waals surface area contributed by atoms with Gasteiger partial charge in [-0.1, -0.05) is 5.92 Å². The van der Waals surface area contributed by atoms with Gasteiger partial charge in [-0.2, -0.15) is 8.42 Å². The standard InChI is InChI=1S/C8H14O4S/c1-3-4-8(5-6-12-2)7-13(9,10)11/h8H,5-7H2,1-2H3,(H,9,10,11). The summed E-state index contributed by atoms with van der Waals surface area (Å²) >= 11 is 0. The van der Waals surface area contributed by atoms with Crippen molar-refractivity contribution < 1.29 is 17.7 Å². The third-order valence-electron chi connectivity index (χ3n) is 1.43. The van der Waals surface area contributed by atoms with Crippen LogP contribution in [0.3, 0.4) is 0 Å². The van der Waals surface area contributed by atoms with Crippen molar-refractivity contribution in [1.29, 1.82) is 0 Å². The van der Waals surface area contributed by atoms with Crippen LogP contribution in [0.2, 0.25) is 0 Å². The molecule has 0 amide bonds. The Balaban J connectivity index is 4.16. The zero-order valence-electron chi connectivity index (χ0n) is 7.78. The maximum Gasteiger partial charge on any atom is 0.266 e. The molecule has 4 nitrogen and oxygen atoms in total. The number of ether oxygens (including phenoxy) is 1. The summed E-state index contributed by atoms with van der Waals surface area (Å²) in [7, 11) is -2.40. The third-order valence-corrected chi connectivity index (χ3v) is 2.25. The van der Waals surface area contributed by atoms with Crippen LogP contribution in [-0.2, 0) is 14.9 Å². The molecule has 5 heteroatoms. The highest BCUT2D eigenvalue weighted by Crippen LogP contribution is 2.05. The normalized spacial score (nSPS) is 13.2. The van der Waals surface area contributed by atoms with Gasteiger partial charge in [-0.25, -0.2) is 0 Å². The average molecular weight is 206 g/mol. The molecule has 13 heavy (non-hydrogen) atoms. The van der Waals surface area contributed by atoms with Crippen LogP contribution in [0.4, 0.5) is 0 Å². The molecule has 0 bridgehead atoms. The number of hydrogen-bond acceptors (Lipinski definition) is 3. The highest BCUT2D eigenvalue weighted by molar-refractivity contribution is 7.85. The van der Waals surface area contributed by atoms with E-state index in [4.69, 9.17) is 9.29 Å². The largest absolute Gasteiger partial charge is 0.385 e. The molecule has 76 valence electrons. The van der Waals surface area contributed by atoms with Gasteiger partial charge in [-0.05, 0) is 13.3 Å². The van der Waals surface area contributed by atoms with Gasteiger partial charge in [0.05, 0.1) is 5.75 Å². The van der Waals surface area contributed by atoms with Crippen LogP contribution in [0.25, 0.3) is 0 Å². The number of methoxy groups -OCH3 is 1. The molecule has 1 unspecified atom stereocenters. The lowest BCUT2D eigenvalue weighted by molar-refractivity contribution is 0.187. The van der Waals surface area contributed by atoms with Crippen LogP contribution >= 0.6 is 0 Å². The fraction of sp³-hybridized carbons (Fsp3) is 0.750. The van der Waals surface area contributed by atoms with Crippen molar-refractivity contribution in [3.63, 3.8) is 0 Å². The van der Waals surface area contributed by atoms with Gasteiger partial charge in [-0.3, -0.25) is 4.55 Å². The van der Waals surface area contributed by atoms with Crippen molar-refractivity contribution in [2.24, 2.45) is 5.92 Å². The van der Waals surface area contributed by atoms with Crippen LogP contribution in [0.5, 0.6) is 0 Å². The Bertz CT molecular complexity index is 283.